The molecule has 8 nitrogen and oxygen atoms in total. The van der Waals surface area contributed by atoms with E-state index in [1.165, 1.54) is 31.5 Å². The molecule has 1 fully saturated rings. The lowest BCUT2D eigenvalue weighted by atomic mass is 9.97. The normalized spacial score (nSPS) is 16.8. The molecule has 0 spiro atoms. The minimum absolute atomic E-state index is 0.00675. The summed E-state index contributed by atoms with van der Waals surface area (Å²) in [6.45, 7) is 3.29. The first-order valence-electron chi connectivity index (χ1n) is 8.94. The molecule has 1 heterocycles. The number of nitrogens with one attached hydrogen (secondary N) is 2. The van der Waals surface area contributed by atoms with Crippen LogP contribution in [0.15, 0.2) is 24.3 Å². The maximum absolute atomic E-state index is 12.3. The van der Waals surface area contributed by atoms with E-state index in [-0.39, 0.29) is 17.4 Å². The molecular weight excluding hydrogens is 374 g/mol. The lowest BCUT2D eigenvalue weighted by Crippen LogP contribution is -2.57. The molecule has 0 saturated carbocycles. The Morgan fingerprint density at radius 2 is 1.90 bits per heavy atom. The standard InChI is InChI=1S/C21H23N3O5/c1-21(2,28)18(20(27)23-29)22-19(26)16-10-8-14(9-11-16)6-4-5-7-15-12-17(25)24(3)13-15/h8-11,15,18,28-29H,12-13H2,1-3H3,(H,22,26)(H,23,27)/t15?,18-/m1/s1. The highest BCUT2D eigenvalue weighted by Crippen LogP contribution is 2.14. The van der Waals surface area contributed by atoms with Gasteiger partial charge in [-0.15, -0.1) is 0 Å². The summed E-state index contributed by atoms with van der Waals surface area (Å²) >= 11 is 0. The van der Waals surface area contributed by atoms with E-state index in [2.05, 4.69) is 29.0 Å². The Hall–Kier alpha value is -3.33. The zero-order chi connectivity index (χ0) is 21.6. The maximum Gasteiger partial charge on any atom is 0.268 e. The van der Waals surface area contributed by atoms with Gasteiger partial charge in [-0.05, 0) is 50.0 Å². The second-order valence-electron chi connectivity index (χ2n) is 7.31. The van der Waals surface area contributed by atoms with Crippen LogP contribution in [0.1, 0.15) is 36.2 Å². The second-order valence-corrected chi connectivity index (χ2v) is 7.31. The Bertz CT molecular complexity index is 910. The number of hydroxylamine groups is 1. The number of amides is 3. The zero-order valence-corrected chi connectivity index (χ0v) is 16.4. The van der Waals surface area contributed by atoms with Crippen LogP contribution in [0.3, 0.4) is 0 Å². The number of nitrogens with zero attached hydrogens (tertiary/aromatic N) is 1. The fraction of sp³-hybridized carbons (Fsp3) is 0.381. The van der Waals surface area contributed by atoms with E-state index in [0.717, 1.165) is 0 Å². The second kappa shape index (κ2) is 9.24. The van der Waals surface area contributed by atoms with Crippen molar-refractivity contribution in [2.45, 2.75) is 31.9 Å². The first-order valence-corrected chi connectivity index (χ1v) is 8.94. The highest BCUT2D eigenvalue weighted by molar-refractivity contribution is 5.97. The molecule has 2 rings (SSSR count). The zero-order valence-electron chi connectivity index (χ0n) is 16.4. The summed E-state index contributed by atoms with van der Waals surface area (Å²) in [5.41, 5.74) is 0.747. The number of likely N-dealkylation sites (tertiary alicyclic amines) is 1. The average Bonchev–Trinajstić information content (AvgIpc) is 2.99. The van der Waals surface area contributed by atoms with Gasteiger partial charge in [-0.1, -0.05) is 11.8 Å². The summed E-state index contributed by atoms with van der Waals surface area (Å²) < 4.78 is 0. The predicted molar refractivity (Wildman–Crippen MR) is 104 cm³/mol. The topological polar surface area (TPSA) is 119 Å². The van der Waals surface area contributed by atoms with Gasteiger partial charge >= 0.3 is 0 Å². The molecule has 3 amide bonds. The molecule has 1 aliphatic heterocycles. The molecule has 0 radical (unpaired) electrons. The lowest BCUT2D eigenvalue weighted by molar-refractivity contribution is -0.136. The van der Waals surface area contributed by atoms with Crippen LogP contribution in [0.2, 0.25) is 0 Å². The fourth-order valence-corrected chi connectivity index (χ4v) is 2.75. The van der Waals surface area contributed by atoms with Crippen LogP contribution in [0, 0.1) is 29.6 Å². The van der Waals surface area contributed by atoms with Gasteiger partial charge in [0.1, 0.15) is 6.04 Å². The number of aliphatic hydroxyl groups is 1. The predicted octanol–water partition coefficient (Wildman–Crippen LogP) is -0.105. The number of benzene rings is 1. The Morgan fingerprint density at radius 3 is 2.41 bits per heavy atom. The van der Waals surface area contributed by atoms with Crippen LogP contribution in [-0.4, -0.2) is 58.2 Å². The first-order chi connectivity index (χ1) is 13.6. The van der Waals surface area contributed by atoms with Crippen LogP contribution in [0.5, 0.6) is 0 Å². The van der Waals surface area contributed by atoms with Gasteiger partial charge in [-0.25, -0.2) is 5.48 Å². The van der Waals surface area contributed by atoms with E-state index in [9.17, 15) is 19.5 Å². The van der Waals surface area contributed by atoms with Crippen molar-refractivity contribution < 1.29 is 24.7 Å². The minimum Gasteiger partial charge on any atom is -0.388 e. The van der Waals surface area contributed by atoms with Crippen LogP contribution >= 0.6 is 0 Å². The average molecular weight is 397 g/mol. The SMILES string of the molecule is CN1CC(C#CC#Cc2ccc(C(=O)N[C@H](C(=O)NO)C(C)(C)O)cc2)CC1=O. The molecule has 29 heavy (non-hydrogen) atoms. The summed E-state index contributed by atoms with van der Waals surface area (Å²) in [6.07, 6.45) is 0.412. The van der Waals surface area contributed by atoms with E-state index < -0.39 is 23.5 Å². The number of rotatable bonds is 4. The molecule has 1 aliphatic rings. The van der Waals surface area contributed by atoms with Crippen molar-refractivity contribution >= 4 is 17.7 Å². The number of carbonyl (C=O) groups is 3. The summed E-state index contributed by atoms with van der Waals surface area (Å²) in [4.78, 5) is 37.1. The largest absolute Gasteiger partial charge is 0.388 e. The first kappa shape index (κ1) is 22.0. The quantitative estimate of drug-likeness (QED) is 0.321. The van der Waals surface area contributed by atoms with Gasteiger partial charge in [0, 0.05) is 37.1 Å². The molecule has 1 aromatic rings. The highest BCUT2D eigenvalue weighted by Gasteiger charge is 2.34. The van der Waals surface area contributed by atoms with E-state index >= 15 is 0 Å². The van der Waals surface area contributed by atoms with Crippen LogP contribution in [0.25, 0.3) is 0 Å². The molecule has 152 valence electrons. The molecule has 1 saturated heterocycles. The molecule has 0 bridgehead atoms. The van der Waals surface area contributed by atoms with Gasteiger partial charge in [0.15, 0.2) is 0 Å². The van der Waals surface area contributed by atoms with Crippen molar-refractivity contribution in [1.82, 2.24) is 15.7 Å². The molecule has 0 aromatic heterocycles. The summed E-state index contributed by atoms with van der Waals surface area (Å²) in [7, 11) is 1.74. The monoisotopic (exact) mass is 397 g/mol. The minimum atomic E-state index is -1.58. The third kappa shape index (κ3) is 6.08. The van der Waals surface area contributed by atoms with Gasteiger partial charge in [-0.2, -0.15) is 0 Å². The Kier molecular flexibility index (Phi) is 7.00. The summed E-state index contributed by atoms with van der Waals surface area (Å²) in [5.74, 6) is 9.85. The van der Waals surface area contributed by atoms with E-state index in [1.54, 1.807) is 24.1 Å². The Labute approximate surface area is 169 Å². The van der Waals surface area contributed by atoms with E-state index in [0.29, 0.717) is 18.5 Å². The maximum atomic E-state index is 12.3. The third-order valence-electron chi connectivity index (χ3n) is 4.39. The van der Waals surface area contributed by atoms with Crippen LogP contribution < -0.4 is 10.8 Å². The molecule has 4 N–H and O–H groups in total. The molecular formula is C21H23N3O5. The number of hydrogen-bond acceptors (Lipinski definition) is 5. The van der Waals surface area contributed by atoms with Crippen LogP contribution in [0.4, 0.5) is 0 Å². The van der Waals surface area contributed by atoms with Crippen molar-refractivity contribution in [3.05, 3.63) is 35.4 Å². The van der Waals surface area contributed by atoms with Crippen molar-refractivity contribution in [3.8, 4) is 23.7 Å². The molecule has 0 aliphatic carbocycles. The Morgan fingerprint density at radius 1 is 1.24 bits per heavy atom. The van der Waals surface area contributed by atoms with Crippen molar-refractivity contribution in [2.75, 3.05) is 13.6 Å². The molecule has 8 heteroatoms. The highest BCUT2D eigenvalue weighted by atomic mass is 16.5. The van der Waals surface area contributed by atoms with Gasteiger partial charge in [0.05, 0.1) is 5.60 Å². The number of hydrogen-bond donors (Lipinski definition) is 4. The molecule has 2 atom stereocenters. The summed E-state index contributed by atoms with van der Waals surface area (Å²) in [5, 5.41) is 21.2. The smallest absolute Gasteiger partial charge is 0.268 e. The number of carbonyl (C=O) groups excluding carboxylic acids is 3. The van der Waals surface area contributed by atoms with Gasteiger partial charge in [0.2, 0.25) is 5.91 Å². The van der Waals surface area contributed by atoms with Crippen molar-refractivity contribution in [2.24, 2.45) is 5.92 Å². The van der Waals surface area contributed by atoms with Gasteiger partial charge < -0.3 is 15.3 Å². The van der Waals surface area contributed by atoms with Crippen molar-refractivity contribution in [3.63, 3.8) is 0 Å². The summed E-state index contributed by atoms with van der Waals surface area (Å²) in [6, 6.07) is 4.96. The van der Waals surface area contributed by atoms with Crippen molar-refractivity contribution in [1.29, 1.82) is 0 Å². The molecule has 1 unspecified atom stereocenters. The van der Waals surface area contributed by atoms with Gasteiger partial charge in [-0.3, -0.25) is 19.6 Å². The Balaban J connectivity index is 2.01. The van der Waals surface area contributed by atoms with Gasteiger partial charge in [0.25, 0.3) is 11.8 Å². The molecule has 1 aromatic carbocycles. The lowest BCUT2D eigenvalue weighted by Gasteiger charge is -2.28. The fourth-order valence-electron chi connectivity index (χ4n) is 2.75. The van der Waals surface area contributed by atoms with Crippen LogP contribution in [-0.2, 0) is 9.59 Å². The van der Waals surface area contributed by atoms with E-state index in [1.807, 2.05) is 0 Å². The third-order valence-corrected chi connectivity index (χ3v) is 4.39. The van der Waals surface area contributed by atoms with E-state index in [4.69, 9.17) is 5.21 Å².